The molecular formula is C12H16ClN3O2. The van der Waals surface area contributed by atoms with Gasteiger partial charge in [0.1, 0.15) is 0 Å². The molecule has 1 heterocycles. The lowest BCUT2D eigenvalue weighted by Crippen LogP contribution is -2.46. The molecule has 2 rings (SSSR count). The molecule has 98 valence electrons. The molecule has 1 aliphatic carbocycles. The summed E-state index contributed by atoms with van der Waals surface area (Å²) in [6, 6.07) is 2.81. The van der Waals surface area contributed by atoms with Crippen LogP contribution in [0.5, 0.6) is 0 Å². The van der Waals surface area contributed by atoms with E-state index in [0.29, 0.717) is 5.69 Å². The van der Waals surface area contributed by atoms with Crippen molar-refractivity contribution in [3.63, 3.8) is 0 Å². The van der Waals surface area contributed by atoms with Crippen LogP contribution in [0.4, 0.5) is 10.5 Å². The first-order valence-corrected chi connectivity index (χ1v) is 6.40. The van der Waals surface area contributed by atoms with Gasteiger partial charge in [0.2, 0.25) is 0 Å². The Kier molecular flexibility index (Phi) is 4.38. The number of anilines is 1. The molecule has 0 radical (unpaired) electrons. The predicted octanol–water partition coefficient (Wildman–Crippen LogP) is 2.16. The van der Waals surface area contributed by atoms with Gasteiger partial charge in [-0.25, -0.2) is 9.78 Å². The number of amides is 2. The van der Waals surface area contributed by atoms with Crippen LogP contribution in [0.25, 0.3) is 0 Å². The van der Waals surface area contributed by atoms with Crippen molar-refractivity contribution in [3.05, 3.63) is 23.5 Å². The molecule has 0 aromatic carbocycles. The van der Waals surface area contributed by atoms with Crippen LogP contribution in [-0.4, -0.2) is 28.3 Å². The molecule has 18 heavy (non-hydrogen) atoms. The van der Waals surface area contributed by atoms with Gasteiger partial charge in [-0.15, -0.1) is 0 Å². The van der Waals surface area contributed by atoms with Gasteiger partial charge in [0.25, 0.3) is 0 Å². The number of nitrogens with zero attached hydrogens (tertiary/aromatic N) is 1. The SMILES string of the molecule is O=C(Nc1cccnc1Cl)N[C@@H]1CCCC[C@H]1O. The number of rotatable bonds is 2. The maximum atomic E-state index is 11.8. The number of aliphatic hydroxyl groups excluding tert-OH is 1. The number of nitrogens with one attached hydrogen (secondary N) is 2. The summed E-state index contributed by atoms with van der Waals surface area (Å²) in [4.78, 5) is 15.6. The van der Waals surface area contributed by atoms with Gasteiger partial charge < -0.3 is 15.7 Å². The standard InChI is InChI=1S/C12H16ClN3O2/c13-11-9(5-3-7-14-11)16-12(18)15-8-4-1-2-6-10(8)17/h3,5,7-8,10,17H,1-2,4,6H2,(H2,15,16,18)/t8-,10-/m1/s1. The van der Waals surface area contributed by atoms with Gasteiger partial charge in [0.05, 0.1) is 17.8 Å². The van der Waals surface area contributed by atoms with Gasteiger partial charge in [0.15, 0.2) is 5.15 Å². The third-order valence-corrected chi connectivity index (χ3v) is 3.35. The number of hydrogen-bond donors (Lipinski definition) is 3. The number of pyridine rings is 1. The maximum absolute atomic E-state index is 11.8. The molecule has 1 aromatic heterocycles. The smallest absolute Gasteiger partial charge is 0.319 e. The number of aliphatic hydroxyl groups is 1. The molecule has 1 aromatic rings. The lowest BCUT2D eigenvalue weighted by Gasteiger charge is -2.28. The van der Waals surface area contributed by atoms with Crippen molar-refractivity contribution in [2.75, 3.05) is 5.32 Å². The highest BCUT2D eigenvalue weighted by Gasteiger charge is 2.24. The van der Waals surface area contributed by atoms with Crippen LogP contribution in [-0.2, 0) is 0 Å². The summed E-state index contributed by atoms with van der Waals surface area (Å²) >= 11 is 5.84. The zero-order valence-corrected chi connectivity index (χ0v) is 10.7. The molecule has 0 aliphatic heterocycles. The van der Waals surface area contributed by atoms with Crippen LogP contribution in [0.2, 0.25) is 5.15 Å². The first kappa shape index (κ1) is 13.1. The van der Waals surface area contributed by atoms with E-state index in [2.05, 4.69) is 15.6 Å². The Morgan fingerprint density at radius 2 is 2.22 bits per heavy atom. The summed E-state index contributed by atoms with van der Waals surface area (Å²) in [5, 5.41) is 15.4. The van der Waals surface area contributed by atoms with Crippen LogP contribution in [0.15, 0.2) is 18.3 Å². The fraction of sp³-hybridized carbons (Fsp3) is 0.500. The van der Waals surface area contributed by atoms with Gasteiger partial charge in [-0.05, 0) is 25.0 Å². The first-order valence-electron chi connectivity index (χ1n) is 6.03. The predicted molar refractivity (Wildman–Crippen MR) is 69.7 cm³/mol. The topological polar surface area (TPSA) is 74.2 Å². The van der Waals surface area contributed by atoms with Crippen molar-refractivity contribution in [2.24, 2.45) is 0 Å². The molecule has 1 saturated carbocycles. The third-order valence-electron chi connectivity index (χ3n) is 3.05. The summed E-state index contributed by atoms with van der Waals surface area (Å²) in [6.07, 6.45) is 4.66. The average Bonchev–Trinajstić information content (AvgIpc) is 2.35. The highest BCUT2D eigenvalue weighted by atomic mass is 35.5. The van der Waals surface area contributed by atoms with Gasteiger partial charge in [0, 0.05) is 6.20 Å². The number of hydrogen-bond acceptors (Lipinski definition) is 3. The Labute approximate surface area is 111 Å². The fourth-order valence-electron chi connectivity index (χ4n) is 2.09. The van der Waals surface area contributed by atoms with E-state index < -0.39 is 6.10 Å². The molecule has 2 atom stereocenters. The Bertz CT molecular complexity index is 428. The molecule has 0 unspecified atom stereocenters. The quantitative estimate of drug-likeness (QED) is 0.720. The maximum Gasteiger partial charge on any atom is 0.319 e. The van der Waals surface area contributed by atoms with E-state index in [-0.39, 0.29) is 17.2 Å². The van der Waals surface area contributed by atoms with Crippen molar-refractivity contribution in [1.82, 2.24) is 10.3 Å². The van der Waals surface area contributed by atoms with Gasteiger partial charge in [-0.3, -0.25) is 0 Å². The minimum absolute atomic E-state index is 0.186. The lowest BCUT2D eigenvalue weighted by atomic mass is 9.93. The van der Waals surface area contributed by atoms with E-state index in [4.69, 9.17) is 11.6 Å². The molecule has 3 N–H and O–H groups in total. The third kappa shape index (κ3) is 3.34. The molecule has 1 aliphatic rings. The summed E-state index contributed by atoms with van der Waals surface area (Å²) in [5.74, 6) is 0. The summed E-state index contributed by atoms with van der Waals surface area (Å²) in [7, 11) is 0. The van der Waals surface area contributed by atoms with Crippen LogP contribution in [0.1, 0.15) is 25.7 Å². The highest BCUT2D eigenvalue weighted by Crippen LogP contribution is 2.20. The zero-order chi connectivity index (χ0) is 13.0. The normalized spacial score (nSPS) is 23.4. The molecule has 1 fully saturated rings. The number of carbonyl (C=O) groups excluding carboxylic acids is 1. The monoisotopic (exact) mass is 269 g/mol. The van der Waals surface area contributed by atoms with E-state index in [9.17, 15) is 9.90 Å². The van der Waals surface area contributed by atoms with Crippen LogP contribution >= 0.6 is 11.6 Å². The Morgan fingerprint density at radius 3 is 2.94 bits per heavy atom. The summed E-state index contributed by atoms with van der Waals surface area (Å²) in [5.41, 5.74) is 0.460. The van der Waals surface area contributed by atoms with E-state index in [1.165, 1.54) is 0 Å². The Hall–Kier alpha value is -1.33. The molecule has 0 spiro atoms. The Morgan fingerprint density at radius 1 is 1.44 bits per heavy atom. The largest absolute Gasteiger partial charge is 0.391 e. The second-order valence-electron chi connectivity index (χ2n) is 4.40. The molecule has 6 heteroatoms. The summed E-state index contributed by atoms with van der Waals surface area (Å²) < 4.78 is 0. The van der Waals surface area contributed by atoms with E-state index >= 15 is 0 Å². The average molecular weight is 270 g/mol. The fourth-order valence-corrected chi connectivity index (χ4v) is 2.25. The van der Waals surface area contributed by atoms with Crippen molar-refractivity contribution in [3.8, 4) is 0 Å². The molecule has 5 nitrogen and oxygen atoms in total. The van der Waals surface area contributed by atoms with Crippen molar-refractivity contribution in [2.45, 2.75) is 37.8 Å². The van der Waals surface area contributed by atoms with Crippen molar-refractivity contribution < 1.29 is 9.90 Å². The van der Waals surface area contributed by atoms with Crippen molar-refractivity contribution in [1.29, 1.82) is 0 Å². The lowest BCUT2D eigenvalue weighted by molar-refractivity contribution is 0.0955. The number of halogens is 1. The first-order chi connectivity index (χ1) is 8.66. The minimum atomic E-state index is -0.464. The van der Waals surface area contributed by atoms with Gasteiger partial charge >= 0.3 is 6.03 Å². The van der Waals surface area contributed by atoms with E-state index in [1.807, 2.05) is 0 Å². The molecule has 0 bridgehead atoms. The van der Waals surface area contributed by atoms with Crippen LogP contribution in [0, 0.1) is 0 Å². The second-order valence-corrected chi connectivity index (χ2v) is 4.76. The molecule has 0 saturated heterocycles. The van der Waals surface area contributed by atoms with E-state index in [1.54, 1.807) is 18.3 Å². The second kappa shape index (κ2) is 6.02. The molecular weight excluding hydrogens is 254 g/mol. The van der Waals surface area contributed by atoms with E-state index in [0.717, 1.165) is 25.7 Å². The Balaban J connectivity index is 1.90. The number of urea groups is 1. The summed E-state index contributed by atoms with van der Waals surface area (Å²) in [6.45, 7) is 0. The highest BCUT2D eigenvalue weighted by molar-refractivity contribution is 6.32. The van der Waals surface area contributed by atoms with Gasteiger partial charge in [-0.1, -0.05) is 24.4 Å². The molecule has 2 amide bonds. The minimum Gasteiger partial charge on any atom is -0.391 e. The number of aromatic nitrogens is 1. The zero-order valence-electron chi connectivity index (χ0n) is 9.90. The van der Waals surface area contributed by atoms with Crippen LogP contribution in [0.3, 0.4) is 0 Å². The van der Waals surface area contributed by atoms with Crippen LogP contribution < -0.4 is 10.6 Å². The van der Waals surface area contributed by atoms with Gasteiger partial charge in [-0.2, -0.15) is 0 Å². The van der Waals surface area contributed by atoms with Crippen molar-refractivity contribution >= 4 is 23.3 Å². The number of carbonyl (C=O) groups is 1.